The van der Waals surface area contributed by atoms with Gasteiger partial charge in [-0.05, 0) is 28.1 Å². The van der Waals surface area contributed by atoms with Gasteiger partial charge in [0.2, 0.25) is 5.91 Å². The summed E-state index contributed by atoms with van der Waals surface area (Å²) in [5.74, 6) is -1.71. The lowest BCUT2D eigenvalue weighted by molar-refractivity contribution is -0.126. The van der Waals surface area contributed by atoms with Crippen LogP contribution in [0.15, 0.2) is 46.8 Å². The molecule has 8 nitrogen and oxygen atoms in total. The zero-order valence-corrected chi connectivity index (χ0v) is 16.6. The van der Waals surface area contributed by atoms with E-state index >= 15 is 0 Å². The van der Waals surface area contributed by atoms with E-state index in [1.807, 2.05) is 6.07 Å². The molecule has 1 heterocycles. The summed E-state index contributed by atoms with van der Waals surface area (Å²) < 4.78 is 5.61. The lowest BCUT2D eigenvalue weighted by atomic mass is 10.3. The third kappa shape index (κ3) is 6.83. The van der Waals surface area contributed by atoms with Gasteiger partial charge in [-0.1, -0.05) is 18.2 Å². The van der Waals surface area contributed by atoms with Crippen molar-refractivity contribution < 1.29 is 19.1 Å². The molecule has 0 radical (unpaired) electrons. The van der Waals surface area contributed by atoms with Crippen LogP contribution in [-0.2, 0) is 14.3 Å². The monoisotopic (exact) mass is 452 g/mol. The van der Waals surface area contributed by atoms with E-state index in [-0.39, 0.29) is 12.2 Å². The Morgan fingerprint density at radius 2 is 2.04 bits per heavy atom. The van der Waals surface area contributed by atoms with E-state index in [2.05, 4.69) is 43.4 Å². The first-order chi connectivity index (χ1) is 13.0. The van der Waals surface area contributed by atoms with E-state index in [0.29, 0.717) is 17.4 Å². The summed E-state index contributed by atoms with van der Waals surface area (Å²) in [5, 5.41) is 10.0. The minimum absolute atomic E-state index is 0.103. The summed E-state index contributed by atoms with van der Waals surface area (Å²) in [6.45, 7) is 3.34. The van der Waals surface area contributed by atoms with Crippen molar-refractivity contribution in [3.8, 4) is 0 Å². The number of ether oxygens (including phenoxy) is 1. The van der Waals surface area contributed by atoms with E-state index in [0.717, 1.165) is 4.47 Å². The number of nitrogens with one attached hydrogen (secondary N) is 3. The lowest BCUT2D eigenvalue weighted by Crippen LogP contribution is -2.35. The summed E-state index contributed by atoms with van der Waals surface area (Å²) in [5.41, 5.74) is 0.693. The Bertz CT molecular complexity index is 840. The molecule has 1 aromatic heterocycles. The molecule has 10 heteroatoms. The minimum atomic E-state index is -0.717. The number of anilines is 2. The number of thiazole rings is 1. The highest BCUT2D eigenvalue weighted by Crippen LogP contribution is 2.20. The predicted octanol–water partition coefficient (Wildman–Crippen LogP) is 2.42. The maximum atomic E-state index is 11.9. The van der Waals surface area contributed by atoms with Gasteiger partial charge >= 0.3 is 5.97 Å². The molecule has 0 aliphatic carbocycles. The molecule has 0 bridgehead atoms. The molecule has 142 valence electrons. The second-order valence-electron chi connectivity index (χ2n) is 5.09. The summed E-state index contributed by atoms with van der Waals surface area (Å²) in [7, 11) is 0. The first kappa shape index (κ1) is 20.6. The molecule has 0 saturated carbocycles. The van der Waals surface area contributed by atoms with Crippen LogP contribution < -0.4 is 16.0 Å². The number of halogens is 1. The second-order valence-corrected chi connectivity index (χ2v) is 6.80. The van der Waals surface area contributed by atoms with Crippen molar-refractivity contribution in [3.63, 3.8) is 0 Å². The number of carbonyl (C=O) groups is 3. The van der Waals surface area contributed by atoms with Gasteiger partial charge in [0.05, 0.1) is 12.2 Å². The predicted molar refractivity (Wildman–Crippen MR) is 107 cm³/mol. The van der Waals surface area contributed by atoms with Crippen LogP contribution in [0.3, 0.4) is 0 Å². The van der Waals surface area contributed by atoms with E-state index < -0.39 is 24.4 Å². The molecule has 0 atom stereocenters. The fourth-order valence-electron chi connectivity index (χ4n) is 1.80. The molecule has 0 aliphatic heterocycles. The maximum absolute atomic E-state index is 11.9. The zero-order valence-electron chi connectivity index (χ0n) is 14.2. The first-order valence-corrected chi connectivity index (χ1v) is 9.45. The molecular formula is C17H17BrN4O4S. The van der Waals surface area contributed by atoms with Crippen LogP contribution in [0.2, 0.25) is 0 Å². The van der Waals surface area contributed by atoms with Crippen LogP contribution in [0.25, 0.3) is 0 Å². The Morgan fingerprint density at radius 1 is 1.26 bits per heavy atom. The normalized spacial score (nSPS) is 9.96. The van der Waals surface area contributed by atoms with Crippen molar-refractivity contribution in [1.29, 1.82) is 0 Å². The second kappa shape index (κ2) is 10.4. The lowest BCUT2D eigenvalue weighted by Gasteiger charge is -2.08. The number of amides is 2. The van der Waals surface area contributed by atoms with Gasteiger partial charge in [0.25, 0.3) is 5.91 Å². The smallest absolute Gasteiger partial charge is 0.358 e. The summed E-state index contributed by atoms with van der Waals surface area (Å²) in [6.07, 6.45) is 1.66. The average molecular weight is 453 g/mol. The minimum Gasteiger partial charge on any atom is -0.451 e. The Hall–Kier alpha value is -2.72. The SMILES string of the molecule is C=CCNc1nc(C(=O)OCC(=O)NCC(=O)Nc2ccccc2Br)cs1. The first-order valence-electron chi connectivity index (χ1n) is 7.78. The van der Waals surface area contributed by atoms with E-state index in [1.54, 1.807) is 24.3 Å². The van der Waals surface area contributed by atoms with Crippen LogP contribution in [0, 0.1) is 0 Å². The van der Waals surface area contributed by atoms with Crippen molar-refractivity contribution in [2.45, 2.75) is 0 Å². The Morgan fingerprint density at radius 3 is 2.78 bits per heavy atom. The van der Waals surface area contributed by atoms with Gasteiger partial charge in [-0.2, -0.15) is 0 Å². The molecule has 27 heavy (non-hydrogen) atoms. The topological polar surface area (TPSA) is 109 Å². The molecule has 0 fully saturated rings. The number of aromatic nitrogens is 1. The van der Waals surface area contributed by atoms with Crippen LogP contribution in [0.1, 0.15) is 10.5 Å². The molecule has 3 N–H and O–H groups in total. The van der Waals surface area contributed by atoms with Crippen molar-refractivity contribution in [2.75, 3.05) is 30.3 Å². The van der Waals surface area contributed by atoms with Gasteiger partial charge in [0.15, 0.2) is 17.4 Å². The van der Waals surface area contributed by atoms with Crippen molar-refractivity contribution in [1.82, 2.24) is 10.3 Å². The number of esters is 1. The zero-order chi connectivity index (χ0) is 19.6. The van der Waals surface area contributed by atoms with Crippen LogP contribution in [0.4, 0.5) is 10.8 Å². The number of para-hydroxylation sites is 1. The fourth-order valence-corrected chi connectivity index (χ4v) is 2.87. The average Bonchev–Trinajstić information content (AvgIpc) is 3.13. The van der Waals surface area contributed by atoms with Crippen LogP contribution >= 0.6 is 27.3 Å². The highest BCUT2D eigenvalue weighted by Gasteiger charge is 2.14. The quantitative estimate of drug-likeness (QED) is 0.398. The Kier molecular flexibility index (Phi) is 7.96. The summed E-state index contributed by atoms with van der Waals surface area (Å²) in [4.78, 5) is 39.5. The third-order valence-corrected chi connectivity index (χ3v) is 4.53. The van der Waals surface area contributed by atoms with Gasteiger partial charge in [0.1, 0.15) is 0 Å². The molecule has 0 saturated heterocycles. The van der Waals surface area contributed by atoms with Gasteiger partial charge < -0.3 is 20.7 Å². The van der Waals surface area contributed by atoms with Gasteiger partial charge in [-0.3, -0.25) is 9.59 Å². The highest BCUT2D eigenvalue weighted by atomic mass is 79.9. The molecule has 0 unspecified atom stereocenters. The standard InChI is InChI=1S/C17H17BrN4O4S/c1-2-7-19-17-22-13(10-27-17)16(25)26-9-15(24)20-8-14(23)21-12-6-4-3-5-11(12)18/h2-6,10H,1,7-9H2,(H,19,22)(H,20,24)(H,21,23). The third-order valence-electron chi connectivity index (χ3n) is 3.04. The molecule has 2 aromatic rings. The molecule has 0 aliphatic rings. The number of hydrogen-bond donors (Lipinski definition) is 3. The van der Waals surface area contributed by atoms with Crippen molar-refractivity contribution in [3.05, 3.63) is 52.5 Å². The Balaban J connectivity index is 1.71. The van der Waals surface area contributed by atoms with E-state index in [4.69, 9.17) is 4.74 Å². The molecule has 1 aromatic carbocycles. The molecule has 0 spiro atoms. The van der Waals surface area contributed by atoms with E-state index in [1.165, 1.54) is 16.7 Å². The molecule has 2 amide bonds. The van der Waals surface area contributed by atoms with E-state index in [9.17, 15) is 14.4 Å². The fraction of sp³-hybridized carbons (Fsp3) is 0.176. The number of hydrogen-bond acceptors (Lipinski definition) is 7. The Labute approximate surface area is 168 Å². The van der Waals surface area contributed by atoms with Gasteiger partial charge in [-0.15, -0.1) is 17.9 Å². The number of rotatable bonds is 9. The number of carbonyl (C=O) groups excluding carboxylic acids is 3. The maximum Gasteiger partial charge on any atom is 0.358 e. The molecule has 2 rings (SSSR count). The number of nitrogens with zero attached hydrogens (tertiary/aromatic N) is 1. The highest BCUT2D eigenvalue weighted by molar-refractivity contribution is 9.10. The number of benzene rings is 1. The molecular weight excluding hydrogens is 436 g/mol. The van der Waals surface area contributed by atoms with Gasteiger partial charge in [0, 0.05) is 16.4 Å². The van der Waals surface area contributed by atoms with Crippen molar-refractivity contribution in [2.24, 2.45) is 0 Å². The largest absolute Gasteiger partial charge is 0.451 e. The van der Waals surface area contributed by atoms with Crippen LogP contribution in [-0.4, -0.2) is 42.5 Å². The summed E-state index contributed by atoms with van der Waals surface area (Å²) >= 11 is 4.55. The summed E-state index contributed by atoms with van der Waals surface area (Å²) in [6, 6.07) is 7.09. The van der Waals surface area contributed by atoms with Crippen molar-refractivity contribution >= 4 is 55.9 Å². The van der Waals surface area contributed by atoms with Gasteiger partial charge in [-0.25, -0.2) is 9.78 Å². The van der Waals surface area contributed by atoms with Crippen LogP contribution in [0.5, 0.6) is 0 Å².